The Bertz CT molecular complexity index is 213. The maximum atomic E-state index is 5.26. The number of nitrogen functional groups attached to an aromatic ring is 2. The van der Waals surface area contributed by atoms with E-state index in [1.54, 1.807) is 0 Å². The van der Waals surface area contributed by atoms with Gasteiger partial charge in [-0.25, -0.2) is 0 Å². The van der Waals surface area contributed by atoms with Crippen molar-refractivity contribution in [1.29, 1.82) is 0 Å². The molecule has 0 aliphatic carbocycles. The molecular formula is C5H8N5. The zero-order valence-electron chi connectivity index (χ0n) is 5.41. The number of hydrogen-bond acceptors (Lipinski definition) is 5. The number of rotatable bonds is 1. The topological polar surface area (TPSA) is 90.7 Å². The van der Waals surface area contributed by atoms with Crippen molar-refractivity contribution in [2.24, 2.45) is 0 Å². The molecule has 5 nitrogen and oxygen atoms in total. The first-order valence-electron chi connectivity index (χ1n) is 2.77. The van der Waals surface area contributed by atoms with Gasteiger partial charge in [-0.3, -0.25) is 0 Å². The van der Waals surface area contributed by atoms with Gasteiger partial charge in [0.2, 0.25) is 11.9 Å². The molecule has 5 heteroatoms. The van der Waals surface area contributed by atoms with Crippen LogP contribution in [-0.4, -0.2) is 15.0 Å². The molecule has 1 rings (SSSR count). The second kappa shape index (κ2) is 2.47. The van der Waals surface area contributed by atoms with Crippen LogP contribution in [0.5, 0.6) is 0 Å². The third-order valence-electron chi connectivity index (χ3n) is 0.940. The lowest BCUT2D eigenvalue weighted by molar-refractivity contribution is 0.954. The maximum absolute atomic E-state index is 5.26. The van der Waals surface area contributed by atoms with E-state index in [4.69, 9.17) is 11.5 Å². The van der Waals surface area contributed by atoms with Crippen molar-refractivity contribution >= 4 is 11.9 Å². The molecule has 53 valence electrons. The molecule has 0 bridgehead atoms. The minimum atomic E-state index is 0.145. The van der Waals surface area contributed by atoms with E-state index in [2.05, 4.69) is 21.9 Å². The Balaban J connectivity index is 3.06. The van der Waals surface area contributed by atoms with Crippen molar-refractivity contribution in [3.05, 3.63) is 12.7 Å². The van der Waals surface area contributed by atoms with Gasteiger partial charge in [-0.2, -0.15) is 15.0 Å². The van der Waals surface area contributed by atoms with Gasteiger partial charge in [0.05, 0.1) is 0 Å². The highest BCUT2D eigenvalue weighted by Gasteiger charge is 1.96. The average Bonchev–Trinajstić information content (AvgIpc) is 1.85. The van der Waals surface area contributed by atoms with Gasteiger partial charge in [0.1, 0.15) is 5.82 Å². The van der Waals surface area contributed by atoms with Crippen LogP contribution in [0.15, 0.2) is 0 Å². The molecule has 0 saturated heterocycles. The van der Waals surface area contributed by atoms with Gasteiger partial charge in [-0.05, 0) is 6.92 Å². The molecule has 0 spiro atoms. The Kier molecular flexibility index (Phi) is 1.66. The van der Waals surface area contributed by atoms with Crippen LogP contribution in [0.2, 0.25) is 0 Å². The molecule has 1 heterocycles. The van der Waals surface area contributed by atoms with E-state index in [1.807, 2.05) is 0 Å². The first-order valence-corrected chi connectivity index (χ1v) is 2.77. The van der Waals surface area contributed by atoms with E-state index in [9.17, 15) is 0 Å². The molecule has 0 aliphatic heterocycles. The van der Waals surface area contributed by atoms with Crippen LogP contribution in [0.25, 0.3) is 0 Å². The van der Waals surface area contributed by atoms with Crippen LogP contribution < -0.4 is 11.5 Å². The Hall–Kier alpha value is -1.39. The lowest BCUT2D eigenvalue weighted by Crippen LogP contribution is -2.05. The summed E-state index contributed by atoms with van der Waals surface area (Å²) in [4.78, 5) is 11.1. The predicted octanol–water partition coefficient (Wildman–Crippen LogP) is -0.587. The summed E-state index contributed by atoms with van der Waals surface area (Å²) >= 11 is 0. The lowest BCUT2D eigenvalue weighted by atomic mass is 10.5. The van der Waals surface area contributed by atoms with Gasteiger partial charge in [0.25, 0.3) is 0 Å². The summed E-state index contributed by atoms with van der Waals surface area (Å²) in [6.45, 7) is 3.57. The van der Waals surface area contributed by atoms with Gasteiger partial charge in [0, 0.05) is 6.42 Å². The Morgan fingerprint density at radius 1 is 1.10 bits per heavy atom. The van der Waals surface area contributed by atoms with Crippen LogP contribution in [0.1, 0.15) is 5.82 Å². The summed E-state index contributed by atoms with van der Waals surface area (Å²) < 4.78 is 0. The third kappa shape index (κ3) is 1.31. The number of hydrogen-bond donors (Lipinski definition) is 2. The molecule has 1 aromatic rings. The zero-order chi connectivity index (χ0) is 7.56. The molecule has 0 aliphatic rings. The molecule has 0 atom stereocenters. The molecule has 4 N–H and O–H groups in total. The molecule has 0 unspecified atom stereocenters. The van der Waals surface area contributed by atoms with Gasteiger partial charge >= 0.3 is 0 Å². The van der Waals surface area contributed by atoms with E-state index >= 15 is 0 Å². The monoisotopic (exact) mass is 138 g/mol. The second-order valence-corrected chi connectivity index (χ2v) is 1.72. The van der Waals surface area contributed by atoms with Gasteiger partial charge < -0.3 is 11.5 Å². The molecule has 0 fully saturated rings. The lowest BCUT2D eigenvalue weighted by Gasteiger charge is -1.96. The molecule has 1 radical (unpaired) electrons. The summed E-state index contributed by atoms with van der Waals surface area (Å²) in [5, 5.41) is 0. The quantitative estimate of drug-likeness (QED) is 0.541. The maximum Gasteiger partial charge on any atom is 0.225 e. The Labute approximate surface area is 58.5 Å². The Morgan fingerprint density at radius 2 is 1.60 bits per heavy atom. The molecular weight excluding hydrogens is 130 g/mol. The van der Waals surface area contributed by atoms with Crippen molar-refractivity contribution in [1.82, 2.24) is 15.0 Å². The minimum Gasteiger partial charge on any atom is -0.368 e. The molecule has 0 aromatic carbocycles. The highest BCUT2D eigenvalue weighted by Crippen LogP contribution is 1.97. The van der Waals surface area contributed by atoms with Crippen molar-refractivity contribution in [3.63, 3.8) is 0 Å². The SMILES string of the molecule is [CH2]Cc1nc(N)nc(N)n1. The van der Waals surface area contributed by atoms with Crippen molar-refractivity contribution in [2.45, 2.75) is 6.42 Å². The molecule has 0 amide bonds. The fourth-order valence-electron chi connectivity index (χ4n) is 0.569. The normalized spacial score (nSPS) is 9.70. The smallest absolute Gasteiger partial charge is 0.225 e. The van der Waals surface area contributed by atoms with E-state index in [1.165, 1.54) is 0 Å². The fourth-order valence-corrected chi connectivity index (χ4v) is 0.569. The zero-order valence-corrected chi connectivity index (χ0v) is 5.41. The average molecular weight is 138 g/mol. The molecule has 0 saturated carbocycles. The summed E-state index contributed by atoms with van der Waals surface area (Å²) in [6.07, 6.45) is 0.469. The number of nitrogens with zero attached hydrogens (tertiary/aromatic N) is 3. The highest BCUT2D eigenvalue weighted by molar-refractivity contribution is 5.25. The van der Waals surface area contributed by atoms with E-state index in [-0.39, 0.29) is 11.9 Å². The van der Waals surface area contributed by atoms with Crippen molar-refractivity contribution in [3.8, 4) is 0 Å². The summed E-state index contributed by atoms with van der Waals surface area (Å²) in [7, 11) is 0. The van der Waals surface area contributed by atoms with E-state index in [0.29, 0.717) is 12.2 Å². The molecule has 10 heavy (non-hydrogen) atoms. The standard InChI is InChI=1S/C5H8N5/c1-2-3-8-4(6)10-5(7)9-3/h1-2H2,(H4,6,7,8,9,10). The van der Waals surface area contributed by atoms with Crippen LogP contribution in [0.4, 0.5) is 11.9 Å². The summed E-state index contributed by atoms with van der Waals surface area (Å²) in [6, 6.07) is 0. The predicted molar refractivity (Wildman–Crippen MR) is 37.7 cm³/mol. The second-order valence-electron chi connectivity index (χ2n) is 1.72. The van der Waals surface area contributed by atoms with Crippen LogP contribution in [0, 0.1) is 6.92 Å². The Morgan fingerprint density at radius 3 is 2.00 bits per heavy atom. The summed E-state index contributed by atoms with van der Waals surface area (Å²) in [5.74, 6) is 0.808. The van der Waals surface area contributed by atoms with E-state index in [0.717, 1.165) is 0 Å². The summed E-state index contributed by atoms with van der Waals surface area (Å²) in [5.41, 5.74) is 10.5. The van der Waals surface area contributed by atoms with Crippen molar-refractivity contribution in [2.75, 3.05) is 11.5 Å². The number of aromatic nitrogens is 3. The van der Waals surface area contributed by atoms with Gasteiger partial charge in [-0.15, -0.1) is 0 Å². The first-order chi connectivity index (χ1) is 4.72. The van der Waals surface area contributed by atoms with Crippen molar-refractivity contribution < 1.29 is 0 Å². The van der Waals surface area contributed by atoms with Gasteiger partial charge in [-0.1, -0.05) is 0 Å². The minimum absolute atomic E-state index is 0.145. The van der Waals surface area contributed by atoms with E-state index < -0.39 is 0 Å². The number of anilines is 2. The molecule has 1 aromatic heterocycles. The van der Waals surface area contributed by atoms with Crippen LogP contribution >= 0.6 is 0 Å². The number of nitrogens with two attached hydrogens (primary N) is 2. The highest BCUT2D eigenvalue weighted by atomic mass is 15.1. The van der Waals surface area contributed by atoms with Crippen LogP contribution in [-0.2, 0) is 6.42 Å². The fraction of sp³-hybridized carbons (Fsp3) is 0.200. The third-order valence-corrected chi connectivity index (χ3v) is 0.940. The first kappa shape index (κ1) is 6.73. The van der Waals surface area contributed by atoms with Gasteiger partial charge in [0.15, 0.2) is 0 Å². The van der Waals surface area contributed by atoms with Crippen LogP contribution in [0.3, 0.4) is 0 Å². The largest absolute Gasteiger partial charge is 0.368 e.